The zero-order valence-electron chi connectivity index (χ0n) is 17.9. The molecule has 0 saturated carbocycles. The van der Waals surface area contributed by atoms with Crippen LogP contribution >= 0.6 is 0 Å². The minimum atomic E-state index is -4.43. The summed E-state index contributed by atoms with van der Waals surface area (Å²) in [5.74, 6) is -1.67. The molecule has 0 bridgehead atoms. The zero-order valence-corrected chi connectivity index (χ0v) is 18.7. The van der Waals surface area contributed by atoms with E-state index in [1.165, 1.54) is 42.5 Å². The van der Waals surface area contributed by atoms with Crippen molar-refractivity contribution in [1.29, 1.82) is 0 Å². The summed E-state index contributed by atoms with van der Waals surface area (Å²) in [6, 6.07) is 14.5. The van der Waals surface area contributed by atoms with Crippen LogP contribution in [0.4, 0.5) is 24.5 Å². The molecule has 0 aliphatic heterocycles. The Hall–Kier alpha value is -3.90. The van der Waals surface area contributed by atoms with Crippen molar-refractivity contribution in [2.45, 2.75) is 12.6 Å². The Morgan fingerprint density at radius 2 is 1.57 bits per heavy atom. The summed E-state index contributed by atoms with van der Waals surface area (Å²) in [5, 5.41) is 12.6. The Morgan fingerprint density at radius 3 is 2.09 bits per heavy atom. The van der Waals surface area contributed by atoms with Crippen LogP contribution in [0.1, 0.15) is 22.3 Å². The number of primary amides is 1. The molecule has 1 unspecified atom stereocenters. The minimum absolute atomic E-state index is 0.157. The van der Waals surface area contributed by atoms with Gasteiger partial charge in [0.25, 0.3) is 5.91 Å². The molecular weight excluding hydrogens is 487 g/mol. The molecule has 0 saturated heterocycles. The average Bonchev–Trinajstić information content (AvgIpc) is 2.80. The van der Waals surface area contributed by atoms with Gasteiger partial charge in [-0.15, -0.1) is 0 Å². The van der Waals surface area contributed by atoms with E-state index in [0.717, 1.165) is 16.4 Å². The van der Waals surface area contributed by atoms with Crippen LogP contribution in [0.15, 0.2) is 66.7 Å². The first kappa shape index (κ1) is 25.7. The number of rotatable bonds is 8. The van der Waals surface area contributed by atoms with E-state index in [2.05, 4.69) is 5.32 Å². The largest absolute Gasteiger partial charge is 0.755 e. The highest BCUT2D eigenvalue weighted by Crippen LogP contribution is 2.32. The number of carbonyl (C=O) groups is 2. The number of halogens is 3. The van der Waals surface area contributed by atoms with Gasteiger partial charge in [-0.05, 0) is 53.6 Å². The molecule has 35 heavy (non-hydrogen) atoms. The number of aromatic hydroxyl groups is 1. The number of benzene rings is 3. The van der Waals surface area contributed by atoms with Crippen molar-refractivity contribution in [3.63, 3.8) is 0 Å². The Labute approximate surface area is 200 Å². The molecule has 3 rings (SSSR count). The molecule has 4 N–H and O–H groups in total. The predicted octanol–water partition coefficient (Wildman–Crippen LogP) is 3.81. The minimum Gasteiger partial charge on any atom is -0.755 e. The van der Waals surface area contributed by atoms with Crippen LogP contribution in [0.3, 0.4) is 0 Å². The van der Waals surface area contributed by atoms with Crippen molar-refractivity contribution in [2.75, 3.05) is 16.2 Å². The second kappa shape index (κ2) is 10.6. The van der Waals surface area contributed by atoms with Crippen molar-refractivity contribution >= 4 is 34.5 Å². The molecule has 0 aliphatic rings. The quantitative estimate of drug-likeness (QED) is 0.315. The first-order valence-corrected chi connectivity index (χ1v) is 11.1. The van der Waals surface area contributed by atoms with Crippen LogP contribution in [-0.2, 0) is 22.2 Å². The van der Waals surface area contributed by atoms with Gasteiger partial charge in [0.05, 0.1) is 11.3 Å². The summed E-state index contributed by atoms with van der Waals surface area (Å²) in [7, 11) is 0. The molecule has 0 radical (unpaired) electrons. The standard InChI is InChI=1S/C23H20F3N3O5S/c24-23(25,26)17-7-5-15(6-8-17)14-1-3-16(4-2-14)22(32)28-18-9-10-20(30)19(13-18)29(35(33)34)12-11-21(27)31/h1-10,13,30H,11-12H2,(H2,27,31)(H,28,32)(H,33,34)/p-1. The van der Waals surface area contributed by atoms with Gasteiger partial charge in [0, 0.05) is 35.5 Å². The van der Waals surface area contributed by atoms with Crippen molar-refractivity contribution < 1.29 is 36.6 Å². The summed E-state index contributed by atoms with van der Waals surface area (Å²) >= 11 is -2.83. The topological polar surface area (TPSA) is 136 Å². The van der Waals surface area contributed by atoms with Gasteiger partial charge in [-0.25, -0.2) is 0 Å². The van der Waals surface area contributed by atoms with Crippen LogP contribution < -0.4 is 15.4 Å². The fraction of sp³-hybridized carbons (Fsp3) is 0.130. The van der Waals surface area contributed by atoms with Crippen LogP contribution in [-0.4, -0.2) is 32.2 Å². The Kier molecular flexibility index (Phi) is 7.77. The maximum atomic E-state index is 12.7. The van der Waals surface area contributed by atoms with E-state index in [1.807, 2.05) is 0 Å². The molecule has 0 spiro atoms. The van der Waals surface area contributed by atoms with Gasteiger partial charge in [0.1, 0.15) is 5.75 Å². The lowest BCUT2D eigenvalue weighted by Gasteiger charge is -2.27. The van der Waals surface area contributed by atoms with Gasteiger partial charge in [-0.2, -0.15) is 13.2 Å². The van der Waals surface area contributed by atoms with Crippen molar-refractivity contribution in [3.8, 4) is 16.9 Å². The Balaban J connectivity index is 1.76. The smallest absolute Gasteiger partial charge is 0.416 e. The molecule has 2 amide bonds. The normalized spacial score (nSPS) is 12.1. The third-order valence-corrected chi connectivity index (χ3v) is 5.68. The molecule has 0 heterocycles. The molecule has 0 aromatic heterocycles. The van der Waals surface area contributed by atoms with Gasteiger partial charge in [-0.1, -0.05) is 24.3 Å². The molecule has 3 aromatic carbocycles. The summed E-state index contributed by atoms with van der Waals surface area (Å²) in [6.45, 7) is -0.304. The third-order valence-electron chi connectivity index (χ3n) is 4.94. The highest BCUT2D eigenvalue weighted by molar-refractivity contribution is 7.80. The van der Waals surface area contributed by atoms with E-state index in [-0.39, 0.29) is 29.9 Å². The predicted molar refractivity (Wildman–Crippen MR) is 123 cm³/mol. The van der Waals surface area contributed by atoms with E-state index in [9.17, 15) is 36.6 Å². The van der Waals surface area contributed by atoms with Gasteiger partial charge in [0.15, 0.2) is 0 Å². The lowest BCUT2D eigenvalue weighted by molar-refractivity contribution is -0.137. The maximum Gasteiger partial charge on any atom is 0.416 e. The zero-order chi connectivity index (χ0) is 25.8. The molecule has 12 heteroatoms. The number of phenols is 1. The Bertz CT molecular complexity index is 1250. The molecular formula is C23H19F3N3O5S-. The molecule has 3 aromatic rings. The SMILES string of the molecule is NC(=O)CCN(c1cc(NC(=O)c2ccc(-c3ccc(C(F)(F)F)cc3)cc2)ccc1O)S(=O)[O-]. The number of nitrogens with two attached hydrogens (primary N) is 1. The van der Waals surface area contributed by atoms with E-state index in [4.69, 9.17) is 5.73 Å². The summed E-state index contributed by atoms with van der Waals surface area (Å²) in [4.78, 5) is 23.6. The van der Waals surface area contributed by atoms with E-state index < -0.39 is 40.6 Å². The summed E-state index contributed by atoms with van der Waals surface area (Å²) in [5.41, 5.74) is 5.68. The molecule has 1 atom stereocenters. The van der Waals surface area contributed by atoms with Crippen LogP contribution in [0.25, 0.3) is 11.1 Å². The highest BCUT2D eigenvalue weighted by atomic mass is 32.2. The fourth-order valence-corrected chi connectivity index (χ4v) is 3.70. The van der Waals surface area contributed by atoms with Gasteiger partial charge < -0.3 is 20.7 Å². The van der Waals surface area contributed by atoms with Crippen molar-refractivity contribution in [2.24, 2.45) is 5.73 Å². The number of nitrogens with one attached hydrogen (secondary N) is 1. The highest BCUT2D eigenvalue weighted by Gasteiger charge is 2.30. The maximum absolute atomic E-state index is 12.7. The molecule has 0 fully saturated rings. The Morgan fingerprint density at radius 1 is 1.00 bits per heavy atom. The van der Waals surface area contributed by atoms with Crippen LogP contribution in [0, 0.1) is 0 Å². The van der Waals surface area contributed by atoms with E-state index >= 15 is 0 Å². The number of carbonyl (C=O) groups excluding carboxylic acids is 2. The van der Waals surface area contributed by atoms with Gasteiger partial charge >= 0.3 is 6.18 Å². The van der Waals surface area contributed by atoms with Crippen LogP contribution in [0.2, 0.25) is 0 Å². The second-order valence-electron chi connectivity index (χ2n) is 7.35. The number of hydrogen-bond donors (Lipinski definition) is 3. The van der Waals surface area contributed by atoms with Crippen molar-refractivity contribution in [3.05, 3.63) is 77.9 Å². The number of alkyl halides is 3. The lowest BCUT2D eigenvalue weighted by Crippen LogP contribution is -2.30. The third kappa shape index (κ3) is 6.58. The average molecular weight is 506 g/mol. The number of nitrogens with zero attached hydrogens (tertiary/aromatic N) is 1. The second-order valence-corrected chi connectivity index (χ2v) is 8.22. The first-order chi connectivity index (χ1) is 16.5. The molecule has 0 aliphatic carbocycles. The number of phenolic OH excluding ortho intramolecular Hbond substituents is 1. The number of anilines is 2. The monoisotopic (exact) mass is 506 g/mol. The van der Waals surface area contributed by atoms with Crippen LogP contribution in [0.5, 0.6) is 5.75 Å². The van der Waals surface area contributed by atoms with Gasteiger partial charge in [-0.3, -0.25) is 18.1 Å². The summed E-state index contributed by atoms with van der Waals surface area (Å²) < 4.78 is 62.0. The van der Waals surface area contributed by atoms with E-state index in [1.54, 1.807) is 12.1 Å². The fourth-order valence-electron chi connectivity index (χ4n) is 3.16. The number of hydrogen-bond acceptors (Lipinski definition) is 5. The van der Waals surface area contributed by atoms with E-state index in [0.29, 0.717) is 11.1 Å². The molecule has 184 valence electrons. The number of amides is 2. The van der Waals surface area contributed by atoms with Crippen molar-refractivity contribution in [1.82, 2.24) is 0 Å². The summed E-state index contributed by atoms with van der Waals surface area (Å²) in [6.07, 6.45) is -4.72. The lowest BCUT2D eigenvalue weighted by atomic mass is 10.0. The molecule has 8 nitrogen and oxygen atoms in total. The first-order valence-electron chi connectivity index (χ1n) is 10.0. The van der Waals surface area contributed by atoms with Gasteiger partial charge in [0.2, 0.25) is 5.91 Å².